The number of rotatable bonds is 5. The number of hydrogen-bond donors (Lipinski definition) is 3. The van der Waals surface area contributed by atoms with Gasteiger partial charge in [-0.25, -0.2) is 9.97 Å². The molecule has 0 radical (unpaired) electrons. The minimum Gasteiger partial charge on any atom is -0.378 e. The number of hydrogen-bond acceptors (Lipinski definition) is 8. The molecule has 0 spiro atoms. The third-order valence-electron chi connectivity index (χ3n) is 6.86. The number of amides is 2. The minimum atomic E-state index is -0.121. The highest BCUT2D eigenvalue weighted by molar-refractivity contribution is 6.05. The van der Waals surface area contributed by atoms with E-state index < -0.39 is 0 Å². The molecule has 6 heterocycles. The van der Waals surface area contributed by atoms with Crippen molar-refractivity contribution in [2.45, 2.75) is 12.8 Å². The molecule has 5 aromatic rings. The van der Waals surface area contributed by atoms with Crippen molar-refractivity contribution in [3.05, 3.63) is 48.7 Å². The monoisotopic (exact) mass is 509 g/mol. The summed E-state index contributed by atoms with van der Waals surface area (Å²) in [5.41, 5.74) is 5.07. The van der Waals surface area contributed by atoms with Gasteiger partial charge in [0.25, 0.3) is 5.91 Å². The molecule has 7 rings (SSSR count). The summed E-state index contributed by atoms with van der Waals surface area (Å²) in [5.74, 6) is 0.535. The van der Waals surface area contributed by atoms with Gasteiger partial charge in [0, 0.05) is 48.7 Å². The molecule has 38 heavy (non-hydrogen) atoms. The fraction of sp³-hybridized carbons (Fsp3) is 0.269. The van der Waals surface area contributed by atoms with E-state index >= 15 is 0 Å². The number of nitrogens with zero attached hydrogens (tertiary/aromatic N) is 6. The van der Waals surface area contributed by atoms with E-state index in [1.807, 2.05) is 12.1 Å². The van der Waals surface area contributed by atoms with Gasteiger partial charge in [0.1, 0.15) is 11.2 Å². The van der Waals surface area contributed by atoms with Crippen LogP contribution in [0, 0.1) is 5.92 Å². The van der Waals surface area contributed by atoms with Gasteiger partial charge in [-0.3, -0.25) is 24.7 Å². The molecular weight excluding hydrogens is 486 g/mol. The Bertz CT molecular complexity index is 1700. The van der Waals surface area contributed by atoms with Gasteiger partial charge in [-0.1, -0.05) is 0 Å². The second kappa shape index (κ2) is 8.99. The van der Waals surface area contributed by atoms with Crippen LogP contribution in [-0.2, 0) is 9.53 Å². The highest BCUT2D eigenvalue weighted by Gasteiger charge is 2.29. The number of ether oxygens (including phenoxy) is 1. The van der Waals surface area contributed by atoms with Crippen LogP contribution in [0.2, 0.25) is 0 Å². The zero-order valence-electron chi connectivity index (χ0n) is 20.3. The standard InChI is InChI=1S/C26H23N9O3/c36-25(14-1-2-14)30-17-7-15(9-27-11-17)16-8-18-22(33-34-23(18)29-10-16)24-31-20-13-28-12-19(21(20)32-24)26(37)35-3-5-38-6-4-35/h7-14H,1-6H2,(H,30,36)(H,31,32)(H,29,33,34). The first-order valence-electron chi connectivity index (χ1n) is 12.5. The number of carbonyl (C=O) groups excluding carboxylic acids is 2. The molecule has 0 unspecified atom stereocenters. The lowest BCUT2D eigenvalue weighted by molar-refractivity contribution is -0.117. The predicted octanol–water partition coefficient (Wildman–Crippen LogP) is 2.78. The zero-order valence-corrected chi connectivity index (χ0v) is 20.3. The van der Waals surface area contributed by atoms with Crippen LogP contribution in [0.25, 0.3) is 44.7 Å². The first kappa shape index (κ1) is 22.5. The van der Waals surface area contributed by atoms with Crippen molar-refractivity contribution in [3.8, 4) is 22.6 Å². The molecule has 1 aliphatic heterocycles. The molecule has 1 saturated carbocycles. The van der Waals surface area contributed by atoms with Crippen molar-refractivity contribution < 1.29 is 14.3 Å². The van der Waals surface area contributed by atoms with E-state index in [-0.39, 0.29) is 17.7 Å². The van der Waals surface area contributed by atoms with Gasteiger partial charge in [-0.05, 0) is 25.0 Å². The molecule has 0 aromatic carbocycles. The lowest BCUT2D eigenvalue weighted by atomic mass is 10.1. The first-order chi connectivity index (χ1) is 18.6. The topological polar surface area (TPSA) is 155 Å². The number of aromatic amines is 2. The van der Waals surface area contributed by atoms with Crippen LogP contribution < -0.4 is 5.32 Å². The van der Waals surface area contributed by atoms with Crippen LogP contribution in [0.3, 0.4) is 0 Å². The summed E-state index contributed by atoms with van der Waals surface area (Å²) in [6, 6.07) is 3.84. The quantitative estimate of drug-likeness (QED) is 0.327. The average Bonchev–Trinajstić information content (AvgIpc) is 3.59. The van der Waals surface area contributed by atoms with E-state index in [1.165, 1.54) is 0 Å². The number of H-pyrrole nitrogens is 2. The summed E-state index contributed by atoms with van der Waals surface area (Å²) in [4.78, 5) is 48.2. The van der Waals surface area contributed by atoms with Gasteiger partial charge in [0.05, 0.1) is 47.8 Å². The van der Waals surface area contributed by atoms with Crippen molar-refractivity contribution >= 4 is 39.6 Å². The number of fused-ring (bicyclic) bond motifs is 2. The van der Waals surface area contributed by atoms with E-state index in [9.17, 15) is 9.59 Å². The van der Waals surface area contributed by atoms with Gasteiger partial charge in [0.15, 0.2) is 11.5 Å². The first-order valence-corrected chi connectivity index (χ1v) is 12.5. The number of nitrogens with one attached hydrogen (secondary N) is 3. The molecule has 0 atom stereocenters. The van der Waals surface area contributed by atoms with Gasteiger partial charge < -0.3 is 19.9 Å². The molecule has 12 nitrogen and oxygen atoms in total. The molecule has 0 bridgehead atoms. The summed E-state index contributed by atoms with van der Waals surface area (Å²) in [6.45, 7) is 2.10. The third kappa shape index (κ3) is 4.04. The van der Waals surface area contributed by atoms with Crippen molar-refractivity contribution in [1.82, 2.24) is 40.0 Å². The predicted molar refractivity (Wildman–Crippen MR) is 138 cm³/mol. The van der Waals surface area contributed by atoms with Crippen molar-refractivity contribution in [1.29, 1.82) is 0 Å². The van der Waals surface area contributed by atoms with E-state index in [2.05, 4.69) is 35.5 Å². The summed E-state index contributed by atoms with van der Waals surface area (Å²) in [7, 11) is 0. The molecule has 12 heteroatoms. The summed E-state index contributed by atoms with van der Waals surface area (Å²) in [6.07, 6.45) is 10.2. The Balaban J connectivity index is 1.24. The third-order valence-corrected chi connectivity index (χ3v) is 6.86. The van der Waals surface area contributed by atoms with Crippen LogP contribution in [0.1, 0.15) is 23.2 Å². The molecular formula is C26H23N9O3. The van der Waals surface area contributed by atoms with E-state index in [0.717, 1.165) is 29.4 Å². The molecule has 1 aliphatic carbocycles. The van der Waals surface area contributed by atoms with E-state index in [0.29, 0.717) is 65.8 Å². The van der Waals surface area contributed by atoms with E-state index in [1.54, 1.807) is 35.9 Å². The normalized spacial score (nSPS) is 15.7. The van der Waals surface area contributed by atoms with Crippen molar-refractivity contribution in [3.63, 3.8) is 0 Å². The molecule has 2 amide bonds. The Morgan fingerprint density at radius 3 is 2.66 bits per heavy atom. The number of imidazole rings is 1. The van der Waals surface area contributed by atoms with Crippen LogP contribution in [0.5, 0.6) is 0 Å². The fourth-order valence-corrected chi connectivity index (χ4v) is 4.64. The van der Waals surface area contributed by atoms with Crippen LogP contribution in [0.15, 0.2) is 43.1 Å². The van der Waals surface area contributed by atoms with Crippen LogP contribution in [-0.4, -0.2) is 78.1 Å². The molecule has 2 aliphatic rings. The number of aromatic nitrogens is 7. The zero-order chi connectivity index (χ0) is 25.6. The lowest BCUT2D eigenvalue weighted by Crippen LogP contribution is -2.40. The largest absolute Gasteiger partial charge is 0.378 e. The van der Waals surface area contributed by atoms with Gasteiger partial charge in [-0.2, -0.15) is 5.10 Å². The van der Waals surface area contributed by atoms with Crippen LogP contribution in [0.4, 0.5) is 5.69 Å². The molecule has 3 N–H and O–H groups in total. The second-order valence-electron chi connectivity index (χ2n) is 9.49. The average molecular weight is 510 g/mol. The van der Waals surface area contributed by atoms with Crippen LogP contribution >= 0.6 is 0 Å². The minimum absolute atomic E-state index is 0.0282. The Labute approximate surface area is 215 Å². The van der Waals surface area contributed by atoms with Crippen molar-refractivity contribution in [2.24, 2.45) is 5.92 Å². The summed E-state index contributed by atoms with van der Waals surface area (Å²) >= 11 is 0. The maximum Gasteiger partial charge on any atom is 0.257 e. The summed E-state index contributed by atoms with van der Waals surface area (Å²) < 4.78 is 5.37. The fourth-order valence-electron chi connectivity index (χ4n) is 4.64. The molecule has 190 valence electrons. The number of pyridine rings is 3. The van der Waals surface area contributed by atoms with E-state index in [4.69, 9.17) is 9.72 Å². The Kier molecular flexibility index (Phi) is 5.32. The highest BCUT2D eigenvalue weighted by Crippen LogP contribution is 2.32. The van der Waals surface area contributed by atoms with Gasteiger partial charge in [-0.15, -0.1) is 0 Å². The summed E-state index contributed by atoms with van der Waals surface area (Å²) in [5, 5.41) is 11.1. The molecule has 2 fully saturated rings. The second-order valence-corrected chi connectivity index (χ2v) is 9.49. The Morgan fingerprint density at radius 2 is 1.82 bits per heavy atom. The highest BCUT2D eigenvalue weighted by atomic mass is 16.5. The maximum atomic E-state index is 13.2. The number of morpholine rings is 1. The molecule has 5 aromatic heterocycles. The maximum absolute atomic E-state index is 13.2. The van der Waals surface area contributed by atoms with Gasteiger partial charge in [0.2, 0.25) is 5.91 Å². The smallest absolute Gasteiger partial charge is 0.257 e. The number of carbonyl (C=O) groups is 2. The van der Waals surface area contributed by atoms with Gasteiger partial charge >= 0.3 is 0 Å². The number of anilines is 1. The SMILES string of the molecule is O=C(Nc1cncc(-c2cnc3n[nH]c(-c4nc5c(C(=O)N6CCOCC6)cncc5[nH]4)c3c2)c1)C1CC1. The van der Waals surface area contributed by atoms with Crippen molar-refractivity contribution in [2.75, 3.05) is 31.6 Å². The molecule has 1 saturated heterocycles. The Hall–Kier alpha value is -4.71. The Morgan fingerprint density at radius 1 is 1.00 bits per heavy atom. The lowest BCUT2D eigenvalue weighted by Gasteiger charge is -2.26.